The Morgan fingerprint density at radius 2 is 1.62 bits per heavy atom. The number of aliphatic hydroxyl groups excluding tert-OH is 1. The molecule has 2 atom stereocenters. The van der Waals surface area contributed by atoms with Crippen LogP contribution in [-0.2, 0) is 8.85 Å². The molecule has 214 valence electrons. The Balaban J connectivity index is 2.85. The van der Waals surface area contributed by atoms with E-state index in [4.69, 9.17) is 8.85 Å². The van der Waals surface area contributed by atoms with Gasteiger partial charge in [-0.25, -0.2) is 4.98 Å². The molecule has 7 heteroatoms. The molecule has 0 spiro atoms. The quantitative estimate of drug-likeness (QED) is 0.126. The molecule has 0 aliphatic carbocycles. The Kier molecular flexibility index (Phi) is 16.7. The maximum atomic E-state index is 10.1. The van der Waals surface area contributed by atoms with Gasteiger partial charge in [-0.05, 0) is 98.9 Å². The number of nitrogens with zero attached hydrogens (tertiary/aromatic N) is 1. The summed E-state index contributed by atoms with van der Waals surface area (Å²) in [6.45, 7) is 21.3. The van der Waals surface area contributed by atoms with E-state index in [0.29, 0.717) is 5.92 Å². The summed E-state index contributed by atoms with van der Waals surface area (Å²) < 4.78 is 13.5. The van der Waals surface area contributed by atoms with E-state index >= 15 is 0 Å². The second kappa shape index (κ2) is 17.9. The van der Waals surface area contributed by atoms with Crippen LogP contribution in [0, 0.1) is 12.8 Å². The summed E-state index contributed by atoms with van der Waals surface area (Å²) >= 11 is 1.69. The van der Waals surface area contributed by atoms with Crippen LogP contribution < -0.4 is 0 Å². The minimum Gasteiger partial charge on any atom is -0.417 e. The fraction of sp³-hybridized carbons (Fsp3) is 0.767. The van der Waals surface area contributed by atoms with Crippen LogP contribution >= 0.6 is 11.3 Å². The van der Waals surface area contributed by atoms with Crippen LogP contribution in [0.15, 0.2) is 22.6 Å². The molecule has 0 saturated heterocycles. The van der Waals surface area contributed by atoms with Crippen molar-refractivity contribution < 1.29 is 14.0 Å². The molecule has 0 saturated carbocycles. The standard InChI is InChI=1S/C30H57NO3SSi2/c1-10-36(11-2,12-3)33-23-25(7)17-16-18-28(22-32)19-20-30(34-37(13-4,14-5)15-6)26(8)21-29-24-35-27(9)31-29/h19,21,24-25,30,32H,10-18,20,22-23H2,1-9H3/b26-21+,28-19+/t25-,30-/m0/s1. The van der Waals surface area contributed by atoms with Crippen molar-refractivity contribution in [3.8, 4) is 0 Å². The lowest BCUT2D eigenvalue weighted by molar-refractivity contribution is 0.224. The average Bonchev–Trinajstić information content (AvgIpc) is 3.33. The van der Waals surface area contributed by atoms with E-state index in [9.17, 15) is 5.11 Å². The first-order valence-corrected chi connectivity index (χ1v) is 20.8. The number of aliphatic hydroxyl groups is 1. The molecule has 0 bridgehead atoms. The highest BCUT2D eigenvalue weighted by Crippen LogP contribution is 2.29. The van der Waals surface area contributed by atoms with Crippen molar-refractivity contribution in [3.05, 3.63) is 33.3 Å². The molecule has 0 aliphatic rings. The molecule has 0 unspecified atom stereocenters. The minimum absolute atomic E-state index is 0.0395. The Labute approximate surface area is 235 Å². The predicted octanol–water partition coefficient (Wildman–Crippen LogP) is 9.38. The molecule has 1 aromatic heterocycles. The molecule has 1 heterocycles. The first kappa shape index (κ1) is 34.5. The van der Waals surface area contributed by atoms with Crippen molar-refractivity contribution >= 4 is 34.0 Å². The van der Waals surface area contributed by atoms with Gasteiger partial charge in [0.25, 0.3) is 0 Å². The van der Waals surface area contributed by atoms with Crippen molar-refractivity contribution in [2.75, 3.05) is 13.2 Å². The number of hydrogen-bond acceptors (Lipinski definition) is 5. The fourth-order valence-corrected chi connectivity index (χ4v) is 11.3. The Morgan fingerprint density at radius 1 is 1.03 bits per heavy atom. The van der Waals surface area contributed by atoms with Crippen molar-refractivity contribution in [3.63, 3.8) is 0 Å². The molecule has 4 nitrogen and oxygen atoms in total. The number of aryl methyl sites for hydroxylation is 1. The topological polar surface area (TPSA) is 51.6 Å². The third-order valence-corrected chi connectivity index (χ3v) is 18.6. The maximum absolute atomic E-state index is 10.1. The van der Waals surface area contributed by atoms with Gasteiger partial charge in [0.15, 0.2) is 16.6 Å². The summed E-state index contributed by atoms with van der Waals surface area (Å²) in [5, 5.41) is 13.3. The van der Waals surface area contributed by atoms with E-state index in [1.807, 2.05) is 6.92 Å². The van der Waals surface area contributed by atoms with Gasteiger partial charge in [-0.3, -0.25) is 0 Å². The van der Waals surface area contributed by atoms with E-state index in [0.717, 1.165) is 66.7 Å². The minimum atomic E-state index is -1.77. The van der Waals surface area contributed by atoms with Crippen LogP contribution in [0.4, 0.5) is 0 Å². The van der Waals surface area contributed by atoms with Gasteiger partial charge in [-0.1, -0.05) is 54.5 Å². The highest BCUT2D eigenvalue weighted by molar-refractivity contribution is 7.09. The summed E-state index contributed by atoms with van der Waals surface area (Å²) in [5.41, 5.74) is 3.39. The summed E-state index contributed by atoms with van der Waals surface area (Å²) in [7, 11) is -3.29. The zero-order valence-corrected chi connectivity index (χ0v) is 28.3. The lowest BCUT2D eigenvalue weighted by Gasteiger charge is -2.33. The summed E-state index contributed by atoms with van der Waals surface area (Å²) in [6, 6.07) is 7.03. The normalized spacial score (nSPS) is 15.3. The maximum Gasteiger partial charge on any atom is 0.192 e. The van der Waals surface area contributed by atoms with Crippen molar-refractivity contribution in [2.45, 2.75) is 130 Å². The van der Waals surface area contributed by atoms with Crippen molar-refractivity contribution in [1.29, 1.82) is 0 Å². The first-order chi connectivity index (χ1) is 17.7. The summed E-state index contributed by atoms with van der Waals surface area (Å²) in [5.74, 6) is 0.560. The highest BCUT2D eigenvalue weighted by atomic mass is 32.1. The van der Waals surface area contributed by atoms with Gasteiger partial charge in [0.1, 0.15) is 0 Å². The van der Waals surface area contributed by atoms with Crippen LogP contribution in [0.2, 0.25) is 36.3 Å². The van der Waals surface area contributed by atoms with Crippen LogP contribution in [0.1, 0.15) is 91.8 Å². The number of hydrogen-bond donors (Lipinski definition) is 1. The molecule has 0 amide bonds. The Hall–Kier alpha value is -0.576. The van der Waals surface area contributed by atoms with E-state index in [1.165, 1.54) is 23.7 Å². The van der Waals surface area contributed by atoms with Gasteiger partial charge in [0, 0.05) is 12.0 Å². The van der Waals surface area contributed by atoms with Gasteiger partial charge in [-0.15, -0.1) is 11.3 Å². The van der Waals surface area contributed by atoms with Crippen LogP contribution in [0.3, 0.4) is 0 Å². The van der Waals surface area contributed by atoms with Crippen LogP contribution in [0.5, 0.6) is 0 Å². The molecule has 1 N–H and O–H groups in total. The van der Waals surface area contributed by atoms with Crippen molar-refractivity contribution in [2.24, 2.45) is 5.92 Å². The van der Waals surface area contributed by atoms with Gasteiger partial charge in [-0.2, -0.15) is 0 Å². The third kappa shape index (κ3) is 11.6. The van der Waals surface area contributed by atoms with E-state index in [1.54, 1.807) is 11.3 Å². The smallest absolute Gasteiger partial charge is 0.192 e. The number of thiazole rings is 1. The number of rotatable bonds is 20. The molecular formula is C30H57NO3SSi2. The van der Waals surface area contributed by atoms with Gasteiger partial charge >= 0.3 is 0 Å². The summed E-state index contributed by atoms with van der Waals surface area (Å²) in [6.07, 6.45) is 8.46. The van der Waals surface area contributed by atoms with Crippen molar-refractivity contribution in [1.82, 2.24) is 4.98 Å². The molecule has 37 heavy (non-hydrogen) atoms. The Bertz CT molecular complexity index is 799. The van der Waals surface area contributed by atoms with Gasteiger partial charge < -0.3 is 14.0 Å². The second-order valence-electron chi connectivity index (χ2n) is 10.8. The predicted molar refractivity (Wildman–Crippen MR) is 169 cm³/mol. The largest absolute Gasteiger partial charge is 0.417 e. The monoisotopic (exact) mass is 567 g/mol. The van der Waals surface area contributed by atoms with E-state index < -0.39 is 16.6 Å². The van der Waals surface area contributed by atoms with Gasteiger partial charge in [0.2, 0.25) is 0 Å². The highest BCUT2D eigenvalue weighted by Gasteiger charge is 2.32. The SMILES string of the molecule is CC[Si](CC)(CC)OC[C@@H](C)CCC/C(=C\C[C@H](O[Si](CC)(CC)CC)/C(C)=C/c1csc(C)n1)CO. The second-order valence-corrected chi connectivity index (χ2v) is 21.4. The van der Waals surface area contributed by atoms with E-state index in [-0.39, 0.29) is 12.7 Å². The third-order valence-electron chi connectivity index (χ3n) is 8.47. The molecule has 0 radical (unpaired) electrons. The fourth-order valence-electron chi connectivity index (χ4n) is 5.06. The average molecular weight is 568 g/mol. The molecule has 0 aromatic carbocycles. The molecule has 0 aliphatic heterocycles. The molecule has 1 rings (SSSR count). The number of aromatic nitrogens is 1. The zero-order valence-electron chi connectivity index (χ0n) is 25.5. The van der Waals surface area contributed by atoms with Crippen LogP contribution in [0.25, 0.3) is 6.08 Å². The molecule has 1 aromatic rings. The summed E-state index contributed by atoms with van der Waals surface area (Å²) in [4.78, 5) is 4.64. The molecular weight excluding hydrogens is 511 g/mol. The Morgan fingerprint density at radius 3 is 2.11 bits per heavy atom. The van der Waals surface area contributed by atoms with Gasteiger partial charge in [0.05, 0.1) is 23.4 Å². The van der Waals surface area contributed by atoms with Crippen LogP contribution in [-0.4, -0.2) is 46.0 Å². The lowest BCUT2D eigenvalue weighted by Crippen LogP contribution is -2.40. The zero-order chi connectivity index (χ0) is 27.9. The molecule has 0 fully saturated rings. The van der Waals surface area contributed by atoms with E-state index in [2.05, 4.69) is 77.9 Å². The lowest BCUT2D eigenvalue weighted by atomic mass is 10.00. The first-order valence-electron chi connectivity index (χ1n) is 14.9.